The van der Waals surface area contributed by atoms with Crippen molar-refractivity contribution in [2.24, 2.45) is 0 Å². The molecule has 2 atom stereocenters. The number of fused-ring (bicyclic) bond motifs is 1. The van der Waals surface area contributed by atoms with Gasteiger partial charge in [-0.1, -0.05) is 6.92 Å². The van der Waals surface area contributed by atoms with E-state index in [1.165, 1.54) is 16.5 Å². The number of hydrogen-bond acceptors (Lipinski definition) is 3. The zero-order chi connectivity index (χ0) is 17.3. The third-order valence-corrected chi connectivity index (χ3v) is 5.31. The Morgan fingerprint density at radius 1 is 1.38 bits per heavy atom. The van der Waals surface area contributed by atoms with E-state index >= 15 is 0 Å². The van der Waals surface area contributed by atoms with Gasteiger partial charge in [0, 0.05) is 17.5 Å². The van der Waals surface area contributed by atoms with Gasteiger partial charge in [-0.15, -0.1) is 11.3 Å². The number of halogens is 2. The van der Waals surface area contributed by atoms with Crippen molar-refractivity contribution in [3.8, 4) is 5.75 Å². The van der Waals surface area contributed by atoms with Crippen LogP contribution in [0.4, 0.5) is 8.78 Å². The first-order valence-electron chi connectivity index (χ1n) is 7.99. The molecule has 24 heavy (non-hydrogen) atoms. The number of thiophene rings is 1. The lowest BCUT2D eigenvalue weighted by Gasteiger charge is -2.36. The monoisotopic (exact) mass is 351 g/mol. The summed E-state index contributed by atoms with van der Waals surface area (Å²) in [5.74, 6) is -1.91. The van der Waals surface area contributed by atoms with Crippen LogP contribution in [0, 0.1) is 11.6 Å². The highest BCUT2D eigenvalue weighted by Crippen LogP contribution is 2.35. The molecule has 0 saturated heterocycles. The van der Waals surface area contributed by atoms with Crippen LogP contribution in [-0.2, 0) is 11.2 Å². The summed E-state index contributed by atoms with van der Waals surface area (Å²) in [4.78, 5) is 16.0. The summed E-state index contributed by atoms with van der Waals surface area (Å²) in [5, 5.41) is 2.06. The second-order valence-electron chi connectivity index (χ2n) is 5.84. The molecule has 0 bridgehead atoms. The minimum atomic E-state index is -0.987. The SMILES string of the molecule is CCC1c2ccsc2CCN1C(=O)C(C)Oc1ccc(F)c(F)c1. The Bertz CT molecular complexity index is 746. The largest absolute Gasteiger partial charge is 0.481 e. The van der Waals surface area contributed by atoms with Crippen molar-refractivity contribution in [3.63, 3.8) is 0 Å². The minimum absolute atomic E-state index is 0.0449. The number of benzene rings is 1. The Kier molecular flexibility index (Phi) is 4.85. The van der Waals surface area contributed by atoms with E-state index in [-0.39, 0.29) is 17.7 Å². The van der Waals surface area contributed by atoms with Gasteiger partial charge in [-0.05, 0) is 48.9 Å². The van der Waals surface area contributed by atoms with Crippen LogP contribution >= 0.6 is 11.3 Å². The molecule has 1 aliphatic heterocycles. The Labute approximate surface area is 143 Å². The fourth-order valence-corrected chi connectivity index (χ4v) is 4.07. The van der Waals surface area contributed by atoms with Crippen molar-refractivity contribution in [1.82, 2.24) is 4.90 Å². The molecule has 0 saturated carbocycles. The number of ether oxygens (including phenoxy) is 1. The van der Waals surface area contributed by atoms with Gasteiger partial charge in [-0.25, -0.2) is 8.78 Å². The summed E-state index contributed by atoms with van der Waals surface area (Å²) in [7, 11) is 0. The van der Waals surface area contributed by atoms with Crippen LogP contribution in [-0.4, -0.2) is 23.5 Å². The summed E-state index contributed by atoms with van der Waals surface area (Å²) in [6.07, 6.45) is 0.907. The van der Waals surface area contributed by atoms with E-state index in [0.717, 1.165) is 25.0 Å². The van der Waals surface area contributed by atoms with Crippen molar-refractivity contribution >= 4 is 17.2 Å². The molecule has 3 nitrogen and oxygen atoms in total. The second-order valence-corrected chi connectivity index (χ2v) is 6.84. The first-order valence-corrected chi connectivity index (χ1v) is 8.87. The molecule has 0 radical (unpaired) electrons. The molecule has 0 fully saturated rings. The number of rotatable bonds is 4. The highest BCUT2D eigenvalue weighted by molar-refractivity contribution is 7.10. The predicted molar refractivity (Wildman–Crippen MR) is 89.2 cm³/mol. The smallest absolute Gasteiger partial charge is 0.263 e. The van der Waals surface area contributed by atoms with Crippen LogP contribution in [0.25, 0.3) is 0 Å². The standard InChI is InChI=1S/C18H19F2NO2S/c1-3-16-13-7-9-24-17(13)6-8-21(16)18(22)11(2)23-12-4-5-14(19)15(20)10-12/h4-5,7,9-11,16H,3,6,8H2,1-2H3. The van der Waals surface area contributed by atoms with Gasteiger partial charge < -0.3 is 9.64 Å². The molecule has 128 valence electrons. The molecular weight excluding hydrogens is 332 g/mol. The van der Waals surface area contributed by atoms with E-state index in [1.54, 1.807) is 18.3 Å². The topological polar surface area (TPSA) is 29.5 Å². The predicted octanol–water partition coefficient (Wildman–Crippen LogP) is 4.33. The summed E-state index contributed by atoms with van der Waals surface area (Å²) >= 11 is 1.73. The number of carbonyl (C=O) groups is 1. The van der Waals surface area contributed by atoms with Gasteiger partial charge in [0.1, 0.15) is 5.75 Å². The van der Waals surface area contributed by atoms with Gasteiger partial charge in [0.15, 0.2) is 17.7 Å². The lowest BCUT2D eigenvalue weighted by Crippen LogP contribution is -2.45. The molecule has 2 heterocycles. The first kappa shape index (κ1) is 16.9. The molecular formula is C18H19F2NO2S. The molecule has 2 aromatic rings. The van der Waals surface area contributed by atoms with Crippen LogP contribution in [0.2, 0.25) is 0 Å². The van der Waals surface area contributed by atoms with E-state index in [0.29, 0.717) is 6.54 Å². The lowest BCUT2D eigenvalue weighted by atomic mass is 9.97. The van der Waals surface area contributed by atoms with Gasteiger partial charge in [0.25, 0.3) is 5.91 Å². The van der Waals surface area contributed by atoms with E-state index in [4.69, 9.17) is 4.74 Å². The van der Waals surface area contributed by atoms with E-state index in [9.17, 15) is 13.6 Å². The maximum absolute atomic E-state index is 13.3. The third-order valence-electron chi connectivity index (χ3n) is 4.32. The van der Waals surface area contributed by atoms with Crippen LogP contribution in [0.15, 0.2) is 29.6 Å². The Morgan fingerprint density at radius 2 is 2.17 bits per heavy atom. The summed E-state index contributed by atoms with van der Waals surface area (Å²) < 4.78 is 31.8. The molecule has 6 heteroatoms. The Hall–Kier alpha value is -1.95. The average Bonchev–Trinajstić information content (AvgIpc) is 3.05. The molecule has 1 aromatic heterocycles. The van der Waals surface area contributed by atoms with Crippen LogP contribution < -0.4 is 4.74 Å². The Morgan fingerprint density at radius 3 is 2.88 bits per heavy atom. The molecule has 1 amide bonds. The van der Waals surface area contributed by atoms with Crippen molar-refractivity contribution in [2.75, 3.05) is 6.54 Å². The first-order chi connectivity index (χ1) is 11.5. The molecule has 2 unspecified atom stereocenters. The van der Waals surface area contributed by atoms with Gasteiger partial charge in [0.2, 0.25) is 0 Å². The van der Waals surface area contributed by atoms with Gasteiger partial charge >= 0.3 is 0 Å². The fourth-order valence-electron chi connectivity index (χ4n) is 3.14. The van der Waals surface area contributed by atoms with Crippen LogP contribution in [0.5, 0.6) is 5.75 Å². The van der Waals surface area contributed by atoms with Crippen molar-refractivity contribution in [3.05, 3.63) is 51.7 Å². The van der Waals surface area contributed by atoms with E-state index in [1.807, 2.05) is 4.90 Å². The van der Waals surface area contributed by atoms with Gasteiger partial charge in [0.05, 0.1) is 6.04 Å². The van der Waals surface area contributed by atoms with Crippen molar-refractivity contribution < 1.29 is 18.3 Å². The summed E-state index contributed by atoms with van der Waals surface area (Å²) in [5.41, 5.74) is 1.21. The van der Waals surface area contributed by atoms with Crippen molar-refractivity contribution in [2.45, 2.75) is 38.8 Å². The van der Waals surface area contributed by atoms with Gasteiger partial charge in [-0.2, -0.15) is 0 Å². The number of nitrogens with zero attached hydrogens (tertiary/aromatic N) is 1. The maximum Gasteiger partial charge on any atom is 0.263 e. The third kappa shape index (κ3) is 3.15. The molecule has 1 aromatic carbocycles. The number of amides is 1. The zero-order valence-corrected chi connectivity index (χ0v) is 14.4. The van der Waals surface area contributed by atoms with E-state index < -0.39 is 17.7 Å². The molecule has 0 spiro atoms. The van der Waals surface area contributed by atoms with Crippen molar-refractivity contribution in [1.29, 1.82) is 0 Å². The molecule has 1 aliphatic rings. The fraction of sp³-hybridized carbons (Fsp3) is 0.389. The molecule has 0 N–H and O–H groups in total. The number of carbonyl (C=O) groups excluding carboxylic acids is 1. The average molecular weight is 351 g/mol. The minimum Gasteiger partial charge on any atom is -0.481 e. The number of hydrogen-bond donors (Lipinski definition) is 0. The summed E-state index contributed by atoms with van der Waals surface area (Å²) in [6, 6.07) is 5.41. The van der Waals surface area contributed by atoms with Crippen LogP contribution in [0.1, 0.15) is 36.8 Å². The quantitative estimate of drug-likeness (QED) is 0.821. The van der Waals surface area contributed by atoms with Crippen LogP contribution in [0.3, 0.4) is 0 Å². The van der Waals surface area contributed by atoms with Gasteiger partial charge in [-0.3, -0.25) is 4.79 Å². The summed E-state index contributed by atoms with van der Waals surface area (Å²) in [6.45, 7) is 4.34. The Balaban J connectivity index is 1.74. The zero-order valence-electron chi connectivity index (χ0n) is 13.6. The highest BCUT2D eigenvalue weighted by Gasteiger charge is 2.33. The normalized spacial score (nSPS) is 18.2. The lowest BCUT2D eigenvalue weighted by molar-refractivity contribution is -0.141. The molecule has 3 rings (SSSR count). The van der Waals surface area contributed by atoms with E-state index in [2.05, 4.69) is 18.4 Å². The maximum atomic E-state index is 13.3. The molecule has 0 aliphatic carbocycles. The second kappa shape index (κ2) is 6.89. The highest BCUT2D eigenvalue weighted by atomic mass is 32.1.